The van der Waals surface area contributed by atoms with E-state index in [-0.39, 0.29) is 12.5 Å². The van der Waals surface area contributed by atoms with Gasteiger partial charge in [0.05, 0.1) is 23.0 Å². The Hall–Kier alpha value is -3.00. The van der Waals surface area contributed by atoms with E-state index in [0.717, 1.165) is 24.5 Å². The summed E-state index contributed by atoms with van der Waals surface area (Å²) in [6, 6.07) is 16.6. The second-order valence-electron chi connectivity index (χ2n) is 5.68. The molecule has 5 heteroatoms. The van der Waals surface area contributed by atoms with Crippen molar-refractivity contribution in [3.8, 4) is 11.8 Å². The van der Waals surface area contributed by atoms with E-state index in [2.05, 4.69) is 10.2 Å². The highest BCUT2D eigenvalue weighted by Crippen LogP contribution is 2.28. The van der Waals surface area contributed by atoms with Crippen LogP contribution in [-0.2, 0) is 4.79 Å². The van der Waals surface area contributed by atoms with Crippen LogP contribution in [0.25, 0.3) is 0 Å². The first-order valence-corrected chi connectivity index (χ1v) is 8.03. The lowest BCUT2D eigenvalue weighted by Gasteiger charge is -2.21. The van der Waals surface area contributed by atoms with Crippen molar-refractivity contribution in [1.82, 2.24) is 0 Å². The average Bonchev–Trinajstić information content (AvgIpc) is 3.15. The van der Waals surface area contributed by atoms with Crippen LogP contribution in [0.3, 0.4) is 0 Å². The van der Waals surface area contributed by atoms with E-state index in [1.165, 1.54) is 12.8 Å². The molecule has 0 unspecified atom stereocenters. The van der Waals surface area contributed by atoms with Crippen LogP contribution in [0.5, 0.6) is 5.75 Å². The van der Waals surface area contributed by atoms with Crippen LogP contribution in [0.2, 0.25) is 0 Å². The highest BCUT2D eigenvalue weighted by atomic mass is 16.5. The first kappa shape index (κ1) is 15.9. The van der Waals surface area contributed by atoms with E-state index >= 15 is 0 Å². The first-order chi connectivity index (χ1) is 11.8. The molecule has 0 radical (unpaired) electrons. The second-order valence-corrected chi connectivity index (χ2v) is 5.68. The zero-order chi connectivity index (χ0) is 16.8. The van der Waals surface area contributed by atoms with Gasteiger partial charge in [-0.05, 0) is 49.2 Å². The molecular weight excluding hydrogens is 302 g/mol. The molecule has 122 valence electrons. The molecular formula is C19H19N3O2. The summed E-state index contributed by atoms with van der Waals surface area (Å²) in [6.07, 6.45) is 2.37. The highest BCUT2D eigenvalue weighted by Gasteiger charge is 2.16. The van der Waals surface area contributed by atoms with E-state index in [1.54, 1.807) is 24.3 Å². The molecule has 24 heavy (non-hydrogen) atoms. The first-order valence-electron chi connectivity index (χ1n) is 8.03. The molecule has 0 spiro atoms. The van der Waals surface area contributed by atoms with E-state index < -0.39 is 0 Å². The Balaban J connectivity index is 1.59. The Labute approximate surface area is 141 Å². The maximum absolute atomic E-state index is 12.2. The van der Waals surface area contributed by atoms with Gasteiger partial charge < -0.3 is 15.0 Å². The molecule has 2 aromatic carbocycles. The number of amides is 1. The van der Waals surface area contributed by atoms with Crippen LogP contribution in [0.4, 0.5) is 11.4 Å². The van der Waals surface area contributed by atoms with Crippen LogP contribution in [0.15, 0.2) is 48.5 Å². The number of para-hydroxylation sites is 2. The van der Waals surface area contributed by atoms with Gasteiger partial charge in [0.15, 0.2) is 6.61 Å². The molecule has 2 aromatic rings. The van der Waals surface area contributed by atoms with Gasteiger partial charge in [-0.3, -0.25) is 4.79 Å². The summed E-state index contributed by atoms with van der Waals surface area (Å²) in [5.74, 6) is 0.364. The molecule has 1 heterocycles. The summed E-state index contributed by atoms with van der Waals surface area (Å²) < 4.78 is 5.47. The Morgan fingerprint density at radius 1 is 1.12 bits per heavy atom. The van der Waals surface area contributed by atoms with Crippen LogP contribution in [0, 0.1) is 11.3 Å². The number of benzene rings is 2. The van der Waals surface area contributed by atoms with E-state index in [9.17, 15) is 4.79 Å². The number of ether oxygens (including phenoxy) is 1. The number of carbonyl (C=O) groups is 1. The monoisotopic (exact) mass is 321 g/mol. The molecule has 0 atom stereocenters. The number of carbonyl (C=O) groups excluding carboxylic acids is 1. The number of nitrogens with zero attached hydrogens (tertiary/aromatic N) is 2. The lowest BCUT2D eigenvalue weighted by atomic mass is 10.2. The maximum Gasteiger partial charge on any atom is 0.262 e. The van der Waals surface area contributed by atoms with Gasteiger partial charge in [0, 0.05) is 13.1 Å². The summed E-state index contributed by atoms with van der Waals surface area (Å²) >= 11 is 0. The Bertz CT molecular complexity index is 744. The Morgan fingerprint density at radius 2 is 1.83 bits per heavy atom. The predicted molar refractivity (Wildman–Crippen MR) is 93.2 cm³/mol. The van der Waals surface area contributed by atoms with Gasteiger partial charge in [-0.25, -0.2) is 0 Å². The van der Waals surface area contributed by atoms with E-state index in [1.807, 2.05) is 30.3 Å². The van der Waals surface area contributed by atoms with Crippen LogP contribution in [-0.4, -0.2) is 25.6 Å². The van der Waals surface area contributed by atoms with Crippen molar-refractivity contribution in [1.29, 1.82) is 5.26 Å². The van der Waals surface area contributed by atoms with Crippen LogP contribution in [0.1, 0.15) is 18.4 Å². The summed E-state index contributed by atoms with van der Waals surface area (Å²) in [6.45, 7) is 1.98. The van der Waals surface area contributed by atoms with Crippen molar-refractivity contribution in [2.45, 2.75) is 12.8 Å². The lowest BCUT2D eigenvalue weighted by molar-refractivity contribution is -0.118. The van der Waals surface area contributed by atoms with Crippen molar-refractivity contribution in [3.05, 3.63) is 54.1 Å². The highest BCUT2D eigenvalue weighted by molar-refractivity contribution is 5.95. The average molecular weight is 321 g/mol. The standard InChI is InChI=1S/C19H19N3O2/c20-13-15-7-9-16(10-8-15)24-14-19(23)21-17-5-1-2-6-18(17)22-11-3-4-12-22/h1-2,5-10H,3-4,11-12,14H2,(H,21,23). The number of nitrogens with one attached hydrogen (secondary N) is 1. The minimum Gasteiger partial charge on any atom is -0.484 e. The topological polar surface area (TPSA) is 65.4 Å². The van der Waals surface area contributed by atoms with E-state index in [4.69, 9.17) is 10.00 Å². The maximum atomic E-state index is 12.2. The fraction of sp³-hybridized carbons (Fsp3) is 0.263. The molecule has 0 bridgehead atoms. The van der Waals surface area contributed by atoms with Gasteiger partial charge in [-0.2, -0.15) is 5.26 Å². The molecule has 3 rings (SSSR count). The number of nitriles is 1. The minimum absolute atomic E-state index is 0.0692. The third kappa shape index (κ3) is 3.85. The fourth-order valence-corrected chi connectivity index (χ4v) is 2.77. The zero-order valence-corrected chi connectivity index (χ0v) is 13.4. The van der Waals surface area contributed by atoms with Gasteiger partial charge in [0.2, 0.25) is 0 Å². The number of hydrogen-bond donors (Lipinski definition) is 1. The zero-order valence-electron chi connectivity index (χ0n) is 13.4. The summed E-state index contributed by atoms with van der Waals surface area (Å²) in [7, 11) is 0. The largest absolute Gasteiger partial charge is 0.484 e. The quantitative estimate of drug-likeness (QED) is 0.918. The fourth-order valence-electron chi connectivity index (χ4n) is 2.77. The normalized spacial score (nSPS) is 13.4. The SMILES string of the molecule is N#Cc1ccc(OCC(=O)Nc2ccccc2N2CCCC2)cc1. The number of rotatable bonds is 5. The van der Waals surface area contributed by atoms with Crippen molar-refractivity contribution >= 4 is 17.3 Å². The molecule has 1 saturated heterocycles. The second kappa shape index (κ2) is 7.51. The molecule has 0 saturated carbocycles. The molecule has 0 aromatic heterocycles. The van der Waals surface area contributed by atoms with Gasteiger partial charge >= 0.3 is 0 Å². The van der Waals surface area contributed by atoms with Gasteiger partial charge in [-0.1, -0.05) is 12.1 Å². The third-order valence-corrected chi connectivity index (χ3v) is 3.98. The molecule has 1 fully saturated rings. The van der Waals surface area contributed by atoms with E-state index in [0.29, 0.717) is 11.3 Å². The summed E-state index contributed by atoms with van der Waals surface area (Å²) in [5, 5.41) is 11.7. The van der Waals surface area contributed by atoms with Crippen molar-refractivity contribution in [3.63, 3.8) is 0 Å². The van der Waals surface area contributed by atoms with Gasteiger partial charge in [0.1, 0.15) is 5.75 Å². The van der Waals surface area contributed by atoms with Crippen molar-refractivity contribution in [2.24, 2.45) is 0 Å². The molecule has 1 amide bonds. The smallest absolute Gasteiger partial charge is 0.262 e. The predicted octanol–water partition coefficient (Wildman–Crippen LogP) is 3.18. The molecule has 5 nitrogen and oxygen atoms in total. The third-order valence-electron chi connectivity index (χ3n) is 3.98. The molecule has 1 aliphatic heterocycles. The van der Waals surface area contributed by atoms with Crippen LogP contribution < -0.4 is 15.0 Å². The molecule has 0 aliphatic carbocycles. The van der Waals surface area contributed by atoms with Crippen LogP contribution >= 0.6 is 0 Å². The summed E-state index contributed by atoms with van der Waals surface area (Å²) in [5.41, 5.74) is 2.43. The molecule has 1 aliphatic rings. The Morgan fingerprint density at radius 3 is 2.54 bits per heavy atom. The Kier molecular flexibility index (Phi) is 4.97. The molecule has 1 N–H and O–H groups in total. The number of anilines is 2. The lowest BCUT2D eigenvalue weighted by Crippen LogP contribution is -2.24. The van der Waals surface area contributed by atoms with Gasteiger partial charge in [0.25, 0.3) is 5.91 Å². The number of hydrogen-bond acceptors (Lipinski definition) is 4. The summed E-state index contributed by atoms with van der Waals surface area (Å²) in [4.78, 5) is 14.5. The van der Waals surface area contributed by atoms with Crippen molar-refractivity contribution in [2.75, 3.05) is 29.9 Å². The van der Waals surface area contributed by atoms with Crippen molar-refractivity contribution < 1.29 is 9.53 Å². The minimum atomic E-state index is -0.203. The van der Waals surface area contributed by atoms with Gasteiger partial charge in [-0.15, -0.1) is 0 Å².